The molecule has 0 saturated carbocycles. The summed E-state index contributed by atoms with van der Waals surface area (Å²) in [5.74, 6) is -0.203. The maximum atomic E-state index is 11.3. The Labute approximate surface area is 109 Å². The van der Waals surface area contributed by atoms with E-state index in [2.05, 4.69) is 20.7 Å². The van der Waals surface area contributed by atoms with Crippen molar-refractivity contribution in [2.24, 2.45) is 0 Å². The van der Waals surface area contributed by atoms with Crippen LogP contribution in [0, 0.1) is 20.8 Å². The third-order valence-electron chi connectivity index (χ3n) is 2.78. The molecule has 2 aromatic rings. The van der Waals surface area contributed by atoms with E-state index in [1.807, 2.05) is 6.92 Å². The maximum absolute atomic E-state index is 11.3. The number of carbonyl (C=O) groups is 1. The van der Waals surface area contributed by atoms with Gasteiger partial charge >= 0.3 is 5.97 Å². The van der Waals surface area contributed by atoms with E-state index in [4.69, 9.17) is 4.52 Å². The molecule has 100 valence electrons. The van der Waals surface area contributed by atoms with E-state index in [0.29, 0.717) is 23.6 Å². The number of nitrogens with zero attached hydrogens (tertiary/aromatic N) is 3. The van der Waals surface area contributed by atoms with Crippen molar-refractivity contribution in [3.8, 4) is 0 Å². The molecule has 0 aliphatic carbocycles. The van der Waals surface area contributed by atoms with Gasteiger partial charge in [0.25, 0.3) is 0 Å². The number of hydrogen-bond acceptors (Lipinski definition) is 6. The molecular weight excluding hydrogens is 248 g/mol. The smallest absolute Gasteiger partial charge is 0.339 e. The molecule has 0 atom stereocenters. The standard InChI is InChI=1S/C12H14N4O3/c1-6-4-9(19-16-6)5-13-11-10(12(17)18)7(2)8(3)14-15-11/h4H,5H2,1-3H3,(H,13,15)(H,17,18). The van der Waals surface area contributed by atoms with E-state index in [0.717, 1.165) is 5.69 Å². The van der Waals surface area contributed by atoms with Crippen molar-refractivity contribution >= 4 is 11.8 Å². The molecule has 0 radical (unpaired) electrons. The van der Waals surface area contributed by atoms with Crippen molar-refractivity contribution < 1.29 is 14.4 Å². The predicted molar refractivity (Wildman–Crippen MR) is 67.0 cm³/mol. The van der Waals surface area contributed by atoms with Crippen LogP contribution >= 0.6 is 0 Å². The van der Waals surface area contributed by atoms with Gasteiger partial charge in [0.05, 0.1) is 17.9 Å². The summed E-state index contributed by atoms with van der Waals surface area (Å²) in [5, 5.41) is 23.7. The van der Waals surface area contributed by atoms with Crippen LogP contribution in [0.1, 0.15) is 33.1 Å². The van der Waals surface area contributed by atoms with Crippen molar-refractivity contribution in [1.29, 1.82) is 0 Å². The average Bonchev–Trinajstić information content (AvgIpc) is 2.76. The number of carboxylic acids is 1. The first-order valence-electron chi connectivity index (χ1n) is 5.72. The molecule has 2 N–H and O–H groups in total. The minimum absolute atomic E-state index is 0.128. The van der Waals surface area contributed by atoms with Crippen LogP contribution < -0.4 is 5.32 Å². The Kier molecular flexibility index (Phi) is 3.46. The second-order valence-corrected chi connectivity index (χ2v) is 4.23. The lowest BCUT2D eigenvalue weighted by Gasteiger charge is -2.09. The van der Waals surface area contributed by atoms with E-state index in [1.54, 1.807) is 19.9 Å². The number of anilines is 1. The van der Waals surface area contributed by atoms with Crippen LogP contribution in [0.2, 0.25) is 0 Å². The van der Waals surface area contributed by atoms with Crippen LogP contribution in [0.15, 0.2) is 10.6 Å². The molecule has 19 heavy (non-hydrogen) atoms. The molecule has 0 amide bonds. The molecule has 7 nitrogen and oxygen atoms in total. The largest absolute Gasteiger partial charge is 0.478 e. The normalized spacial score (nSPS) is 10.5. The SMILES string of the molecule is Cc1cc(CNc2nnc(C)c(C)c2C(=O)O)on1. The van der Waals surface area contributed by atoms with Crippen molar-refractivity contribution in [3.63, 3.8) is 0 Å². The highest BCUT2D eigenvalue weighted by Crippen LogP contribution is 2.19. The van der Waals surface area contributed by atoms with Crippen molar-refractivity contribution in [3.05, 3.63) is 34.3 Å². The Morgan fingerprint density at radius 1 is 1.37 bits per heavy atom. The monoisotopic (exact) mass is 262 g/mol. The first-order valence-corrected chi connectivity index (χ1v) is 5.72. The highest BCUT2D eigenvalue weighted by Gasteiger charge is 2.17. The Morgan fingerprint density at radius 2 is 2.11 bits per heavy atom. The van der Waals surface area contributed by atoms with Gasteiger partial charge in [0.2, 0.25) is 0 Å². The van der Waals surface area contributed by atoms with Gasteiger partial charge in [0.1, 0.15) is 5.56 Å². The summed E-state index contributed by atoms with van der Waals surface area (Å²) in [6.45, 7) is 5.54. The van der Waals surface area contributed by atoms with Gasteiger partial charge in [0, 0.05) is 6.07 Å². The molecule has 2 heterocycles. The lowest BCUT2D eigenvalue weighted by molar-refractivity contribution is 0.0696. The predicted octanol–water partition coefficient (Wildman–Crippen LogP) is 1.70. The molecule has 0 unspecified atom stereocenters. The van der Waals surface area contributed by atoms with Gasteiger partial charge < -0.3 is 14.9 Å². The highest BCUT2D eigenvalue weighted by atomic mass is 16.5. The van der Waals surface area contributed by atoms with E-state index >= 15 is 0 Å². The molecule has 0 aliphatic rings. The molecule has 0 aliphatic heterocycles. The zero-order valence-electron chi connectivity index (χ0n) is 10.9. The summed E-state index contributed by atoms with van der Waals surface area (Å²) < 4.78 is 5.03. The lowest BCUT2D eigenvalue weighted by Crippen LogP contribution is -2.12. The first-order chi connectivity index (χ1) is 8.99. The number of hydrogen-bond donors (Lipinski definition) is 2. The molecule has 0 spiro atoms. The van der Waals surface area contributed by atoms with E-state index in [9.17, 15) is 9.90 Å². The van der Waals surface area contributed by atoms with Crippen LogP contribution in [0.25, 0.3) is 0 Å². The topological polar surface area (TPSA) is 101 Å². The van der Waals surface area contributed by atoms with Gasteiger partial charge in [0.15, 0.2) is 11.6 Å². The Bertz CT molecular complexity index is 621. The number of nitrogens with one attached hydrogen (secondary N) is 1. The molecule has 2 rings (SSSR count). The quantitative estimate of drug-likeness (QED) is 0.864. The van der Waals surface area contributed by atoms with Gasteiger partial charge in [-0.2, -0.15) is 5.10 Å². The molecule has 2 aromatic heterocycles. The molecule has 0 saturated heterocycles. The number of aryl methyl sites for hydroxylation is 2. The summed E-state index contributed by atoms with van der Waals surface area (Å²) in [7, 11) is 0. The maximum Gasteiger partial charge on any atom is 0.339 e. The number of aromatic carboxylic acids is 1. The Hall–Kier alpha value is -2.44. The zero-order valence-corrected chi connectivity index (χ0v) is 10.9. The molecule has 0 bridgehead atoms. The van der Waals surface area contributed by atoms with Crippen LogP contribution in [0.3, 0.4) is 0 Å². The second kappa shape index (κ2) is 5.05. The summed E-state index contributed by atoms with van der Waals surface area (Å²) in [5.41, 5.74) is 2.09. The molecule has 0 aromatic carbocycles. The van der Waals surface area contributed by atoms with Gasteiger partial charge in [-0.3, -0.25) is 0 Å². The van der Waals surface area contributed by atoms with E-state index < -0.39 is 5.97 Å². The Balaban J connectivity index is 2.25. The molecule has 7 heteroatoms. The van der Waals surface area contributed by atoms with Crippen LogP contribution in [-0.2, 0) is 6.54 Å². The van der Waals surface area contributed by atoms with Crippen molar-refractivity contribution in [1.82, 2.24) is 15.4 Å². The Morgan fingerprint density at radius 3 is 2.68 bits per heavy atom. The van der Waals surface area contributed by atoms with E-state index in [-0.39, 0.29) is 11.4 Å². The summed E-state index contributed by atoms with van der Waals surface area (Å²) in [4.78, 5) is 11.3. The number of carboxylic acid groups (broad SMARTS) is 1. The van der Waals surface area contributed by atoms with Gasteiger partial charge in [-0.05, 0) is 26.3 Å². The minimum Gasteiger partial charge on any atom is -0.478 e. The minimum atomic E-state index is -1.04. The fourth-order valence-corrected chi connectivity index (χ4v) is 1.66. The number of aromatic nitrogens is 3. The molecular formula is C12H14N4O3. The van der Waals surface area contributed by atoms with Crippen molar-refractivity contribution in [2.45, 2.75) is 27.3 Å². The summed E-state index contributed by atoms with van der Waals surface area (Å²) >= 11 is 0. The lowest BCUT2D eigenvalue weighted by atomic mass is 10.1. The second-order valence-electron chi connectivity index (χ2n) is 4.23. The summed E-state index contributed by atoms with van der Waals surface area (Å²) in [6.07, 6.45) is 0. The first kappa shape index (κ1) is 13.0. The third-order valence-corrected chi connectivity index (χ3v) is 2.78. The fourth-order valence-electron chi connectivity index (χ4n) is 1.66. The fraction of sp³-hybridized carbons (Fsp3) is 0.333. The van der Waals surface area contributed by atoms with Crippen molar-refractivity contribution in [2.75, 3.05) is 5.32 Å². The summed E-state index contributed by atoms with van der Waals surface area (Å²) in [6, 6.07) is 1.77. The zero-order chi connectivity index (χ0) is 14.0. The van der Waals surface area contributed by atoms with Gasteiger partial charge in [-0.1, -0.05) is 5.16 Å². The third kappa shape index (κ3) is 2.70. The van der Waals surface area contributed by atoms with Crippen LogP contribution in [-0.4, -0.2) is 26.4 Å². The van der Waals surface area contributed by atoms with Crippen LogP contribution in [0.4, 0.5) is 5.82 Å². The van der Waals surface area contributed by atoms with Gasteiger partial charge in [-0.25, -0.2) is 4.79 Å². The van der Waals surface area contributed by atoms with Gasteiger partial charge in [-0.15, -0.1) is 5.10 Å². The van der Waals surface area contributed by atoms with E-state index in [1.165, 1.54) is 0 Å². The highest BCUT2D eigenvalue weighted by molar-refractivity contribution is 5.94. The average molecular weight is 262 g/mol. The molecule has 0 fully saturated rings. The van der Waals surface area contributed by atoms with Crippen LogP contribution in [0.5, 0.6) is 0 Å². The number of rotatable bonds is 4.